The van der Waals surface area contributed by atoms with Gasteiger partial charge in [0.1, 0.15) is 5.82 Å². The fourth-order valence-corrected chi connectivity index (χ4v) is 4.67. The molecule has 1 aliphatic rings. The monoisotopic (exact) mass is 368 g/mol. The van der Waals surface area contributed by atoms with Crippen molar-refractivity contribution in [1.29, 1.82) is 0 Å². The topological polar surface area (TPSA) is 33.2 Å². The molecule has 1 saturated heterocycles. The molecule has 1 fully saturated rings. The Hall–Kier alpha value is -2.27. The van der Waals surface area contributed by atoms with Crippen molar-refractivity contribution in [3.63, 3.8) is 0 Å². The van der Waals surface area contributed by atoms with E-state index in [1.165, 1.54) is 16.8 Å². The first-order valence-electron chi connectivity index (χ1n) is 9.10. The Labute approximate surface area is 156 Å². The highest BCUT2D eigenvalue weighted by atomic mass is 32.1. The van der Waals surface area contributed by atoms with E-state index < -0.39 is 0 Å². The van der Waals surface area contributed by atoms with Gasteiger partial charge in [0, 0.05) is 13.0 Å². The second kappa shape index (κ2) is 7.54. The number of halogens is 1. The summed E-state index contributed by atoms with van der Waals surface area (Å²) in [5.74, 6) is -0.0432. The molecule has 1 atom stereocenters. The number of amides is 1. The zero-order valence-electron chi connectivity index (χ0n) is 14.5. The molecule has 1 aliphatic heterocycles. The summed E-state index contributed by atoms with van der Waals surface area (Å²) in [5.41, 5.74) is 2.07. The van der Waals surface area contributed by atoms with Crippen molar-refractivity contribution in [2.24, 2.45) is 0 Å². The Morgan fingerprint density at radius 2 is 2.00 bits per heavy atom. The van der Waals surface area contributed by atoms with E-state index in [0.29, 0.717) is 6.42 Å². The number of likely N-dealkylation sites (tertiary alicyclic amines) is 1. The van der Waals surface area contributed by atoms with E-state index in [4.69, 9.17) is 0 Å². The fraction of sp³-hybridized carbons (Fsp3) is 0.333. The number of nitrogens with zero attached hydrogens (tertiary/aromatic N) is 2. The summed E-state index contributed by atoms with van der Waals surface area (Å²) in [6.45, 7) is 0.794. The van der Waals surface area contributed by atoms with Gasteiger partial charge in [0.05, 0.1) is 21.3 Å². The lowest BCUT2D eigenvalue weighted by Crippen LogP contribution is -2.30. The summed E-state index contributed by atoms with van der Waals surface area (Å²) in [7, 11) is 0. The summed E-state index contributed by atoms with van der Waals surface area (Å²) < 4.78 is 14.3. The first kappa shape index (κ1) is 17.2. The molecular formula is C21H21FN2OS. The van der Waals surface area contributed by atoms with Crippen LogP contribution in [0.1, 0.15) is 42.3 Å². The number of hydrogen-bond donors (Lipinski definition) is 0. The second-order valence-electron chi connectivity index (χ2n) is 6.73. The lowest BCUT2D eigenvalue weighted by Gasteiger charge is -2.25. The number of fused-ring (bicyclic) bond motifs is 1. The van der Waals surface area contributed by atoms with Crippen molar-refractivity contribution < 1.29 is 9.18 Å². The van der Waals surface area contributed by atoms with E-state index in [1.54, 1.807) is 23.5 Å². The molecule has 1 amide bonds. The fourth-order valence-electron chi connectivity index (χ4n) is 3.66. The molecule has 134 valence electrons. The van der Waals surface area contributed by atoms with Crippen molar-refractivity contribution in [3.05, 3.63) is 64.9 Å². The highest BCUT2D eigenvalue weighted by Crippen LogP contribution is 2.32. The van der Waals surface area contributed by atoms with Crippen LogP contribution >= 0.6 is 11.3 Å². The Morgan fingerprint density at radius 1 is 1.19 bits per heavy atom. The van der Waals surface area contributed by atoms with Gasteiger partial charge in [-0.05, 0) is 55.5 Å². The standard InChI is InChI=1S/C21H21FN2OS/c22-16-12-10-15(11-13-16)18-6-4-14-24(18)21(25)9-3-8-20-23-17-5-1-2-7-19(17)26-20/h1-2,5,7,10-13,18H,3-4,6,8-9,14H2/t18-/m1/s1. The zero-order valence-corrected chi connectivity index (χ0v) is 15.3. The molecule has 0 N–H and O–H groups in total. The smallest absolute Gasteiger partial charge is 0.223 e. The van der Waals surface area contributed by atoms with Crippen molar-refractivity contribution in [3.8, 4) is 0 Å². The second-order valence-corrected chi connectivity index (χ2v) is 7.84. The number of aromatic nitrogens is 1. The molecule has 26 heavy (non-hydrogen) atoms. The number of carbonyl (C=O) groups is 1. The molecule has 0 radical (unpaired) electrons. The van der Waals surface area contributed by atoms with Gasteiger partial charge in [0.2, 0.25) is 5.91 Å². The molecule has 2 aromatic carbocycles. The van der Waals surface area contributed by atoms with Crippen LogP contribution in [0.3, 0.4) is 0 Å². The predicted molar refractivity (Wildman–Crippen MR) is 103 cm³/mol. The van der Waals surface area contributed by atoms with Crippen LogP contribution in [0, 0.1) is 5.82 Å². The van der Waals surface area contributed by atoms with Crippen molar-refractivity contribution in [2.75, 3.05) is 6.54 Å². The molecular weight excluding hydrogens is 347 g/mol. The first-order chi connectivity index (χ1) is 12.7. The Balaban J connectivity index is 1.35. The highest BCUT2D eigenvalue weighted by molar-refractivity contribution is 7.18. The Morgan fingerprint density at radius 3 is 2.81 bits per heavy atom. The van der Waals surface area contributed by atoms with Crippen LogP contribution in [-0.4, -0.2) is 22.3 Å². The quantitative estimate of drug-likeness (QED) is 0.626. The van der Waals surface area contributed by atoms with Crippen molar-refractivity contribution in [2.45, 2.75) is 38.1 Å². The normalized spacial score (nSPS) is 17.1. The van der Waals surface area contributed by atoms with E-state index in [1.807, 2.05) is 23.1 Å². The number of thiazole rings is 1. The molecule has 0 spiro atoms. The molecule has 0 unspecified atom stereocenters. The van der Waals surface area contributed by atoms with Gasteiger partial charge < -0.3 is 4.90 Å². The van der Waals surface area contributed by atoms with E-state index in [-0.39, 0.29) is 17.8 Å². The van der Waals surface area contributed by atoms with Gasteiger partial charge in [-0.2, -0.15) is 0 Å². The van der Waals surface area contributed by atoms with Crippen LogP contribution in [0.4, 0.5) is 4.39 Å². The van der Waals surface area contributed by atoms with Crippen LogP contribution in [-0.2, 0) is 11.2 Å². The van der Waals surface area contributed by atoms with E-state index in [2.05, 4.69) is 11.1 Å². The van der Waals surface area contributed by atoms with Crippen LogP contribution in [0.15, 0.2) is 48.5 Å². The molecule has 0 aliphatic carbocycles. The maximum Gasteiger partial charge on any atom is 0.223 e. The number of rotatable bonds is 5. The van der Waals surface area contributed by atoms with Gasteiger partial charge in [0.25, 0.3) is 0 Å². The predicted octanol–water partition coefficient (Wildman–Crippen LogP) is 5.12. The zero-order chi connectivity index (χ0) is 17.9. The van der Waals surface area contributed by atoms with Gasteiger partial charge >= 0.3 is 0 Å². The van der Waals surface area contributed by atoms with Crippen molar-refractivity contribution in [1.82, 2.24) is 9.88 Å². The minimum absolute atomic E-state index is 0.0885. The van der Waals surface area contributed by atoms with Gasteiger partial charge in [0.15, 0.2) is 0 Å². The minimum Gasteiger partial charge on any atom is -0.336 e. The number of para-hydroxylation sites is 1. The summed E-state index contributed by atoms with van der Waals surface area (Å²) >= 11 is 1.71. The highest BCUT2D eigenvalue weighted by Gasteiger charge is 2.29. The molecule has 4 rings (SSSR count). The van der Waals surface area contributed by atoms with E-state index >= 15 is 0 Å². The van der Waals surface area contributed by atoms with Crippen LogP contribution in [0.25, 0.3) is 10.2 Å². The lowest BCUT2D eigenvalue weighted by molar-refractivity contribution is -0.132. The largest absolute Gasteiger partial charge is 0.336 e. The minimum atomic E-state index is -0.236. The number of hydrogen-bond acceptors (Lipinski definition) is 3. The van der Waals surface area contributed by atoms with Crippen LogP contribution in [0.2, 0.25) is 0 Å². The third kappa shape index (κ3) is 3.63. The van der Waals surface area contributed by atoms with Gasteiger partial charge in [-0.1, -0.05) is 24.3 Å². The van der Waals surface area contributed by atoms with Crippen LogP contribution < -0.4 is 0 Å². The molecule has 1 aromatic heterocycles. The summed E-state index contributed by atoms with van der Waals surface area (Å²) in [6, 6.07) is 14.8. The average Bonchev–Trinajstić information content (AvgIpc) is 3.29. The maximum atomic E-state index is 13.1. The molecule has 3 nitrogen and oxygen atoms in total. The molecule has 5 heteroatoms. The third-order valence-electron chi connectivity index (χ3n) is 4.95. The summed E-state index contributed by atoms with van der Waals surface area (Å²) in [5, 5.41) is 1.09. The van der Waals surface area contributed by atoms with E-state index in [9.17, 15) is 9.18 Å². The number of carbonyl (C=O) groups excluding carboxylic acids is 1. The Kier molecular flexibility index (Phi) is 4.98. The van der Waals surface area contributed by atoms with E-state index in [0.717, 1.165) is 48.3 Å². The summed E-state index contributed by atoms with van der Waals surface area (Å²) in [6.07, 6.45) is 4.14. The maximum absolute atomic E-state index is 13.1. The number of aryl methyl sites for hydroxylation is 1. The molecule has 0 saturated carbocycles. The van der Waals surface area contributed by atoms with Gasteiger partial charge in [-0.25, -0.2) is 9.37 Å². The summed E-state index contributed by atoms with van der Waals surface area (Å²) in [4.78, 5) is 19.3. The molecule has 3 aromatic rings. The number of benzene rings is 2. The van der Waals surface area contributed by atoms with Gasteiger partial charge in [-0.15, -0.1) is 11.3 Å². The molecule has 2 heterocycles. The van der Waals surface area contributed by atoms with Gasteiger partial charge in [-0.3, -0.25) is 4.79 Å². The first-order valence-corrected chi connectivity index (χ1v) is 9.92. The third-order valence-corrected chi connectivity index (χ3v) is 6.04. The average molecular weight is 368 g/mol. The molecule has 0 bridgehead atoms. The van der Waals surface area contributed by atoms with Crippen molar-refractivity contribution >= 4 is 27.5 Å². The Bertz CT molecular complexity index is 873. The van der Waals surface area contributed by atoms with Crippen LogP contribution in [0.5, 0.6) is 0 Å². The lowest BCUT2D eigenvalue weighted by atomic mass is 10.0. The SMILES string of the molecule is O=C(CCCc1nc2ccccc2s1)N1CCC[C@@H]1c1ccc(F)cc1.